The fourth-order valence-electron chi connectivity index (χ4n) is 3.02. The van der Waals surface area contributed by atoms with Crippen LogP contribution in [0.5, 0.6) is 0 Å². The first kappa shape index (κ1) is 19.0. The molecule has 0 unspecified atom stereocenters. The number of hydrogen-bond donors (Lipinski definition) is 2. The van der Waals surface area contributed by atoms with Crippen LogP contribution in [0.25, 0.3) is 0 Å². The highest BCUT2D eigenvalue weighted by Crippen LogP contribution is 2.27. The van der Waals surface area contributed by atoms with E-state index in [4.69, 9.17) is 16.3 Å². The van der Waals surface area contributed by atoms with Gasteiger partial charge in [-0.05, 0) is 31.6 Å². The predicted molar refractivity (Wildman–Crippen MR) is 87.5 cm³/mol. The molecular weight excluding hydrogens is 304 g/mol. The molecule has 2 N–H and O–H groups in total. The van der Waals surface area contributed by atoms with E-state index in [2.05, 4.69) is 24.5 Å². The Morgan fingerprint density at radius 2 is 2.14 bits per heavy atom. The summed E-state index contributed by atoms with van der Waals surface area (Å²) in [4.78, 5) is 23.5. The lowest BCUT2D eigenvalue weighted by Gasteiger charge is -2.29. The predicted octanol–water partition coefficient (Wildman–Crippen LogP) is 2.20. The molecule has 22 heavy (non-hydrogen) atoms. The molecule has 0 aromatic rings. The number of carbonyl (C=O) groups excluding carboxylic acids is 2. The van der Waals surface area contributed by atoms with Gasteiger partial charge in [0, 0.05) is 24.5 Å². The third kappa shape index (κ3) is 5.61. The van der Waals surface area contributed by atoms with E-state index in [0.717, 1.165) is 6.42 Å². The molecule has 1 amide bonds. The molecule has 0 aromatic carbocycles. The molecule has 6 heteroatoms. The molecule has 1 saturated heterocycles. The molecule has 0 aliphatic carbocycles. The first-order valence-corrected chi connectivity index (χ1v) is 8.29. The van der Waals surface area contributed by atoms with Crippen molar-refractivity contribution in [2.75, 3.05) is 6.61 Å². The maximum Gasteiger partial charge on any atom is 0.323 e. The normalized spacial score (nSPS) is 26.4. The van der Waals surface area contributed by atoms with Crippen LogP contribution in [0, 0.1) is 11.8 Å². The maximum atomic E-state index is 12.0. The van der Waals surface area contributed by atoms with Gasteiger partial charge >= 0.3 is 5.97 Å². The second kappa shape index (κ2) is 9.16. The van der Waals surface area contributed by atoms with Gasteiger partial charge in [-0.1, -0.05) is 31.5 Å². The molecule has 4 atom stereocenters. The standard InChI is InChI=1S/C16H27ClN2O3/c1-5-22-16(21)14-9-12(6-7-17)15(19-14)13(8-10(2)3)18-11(4)20/h6-7,10,12-15,19H,5,8-9H2,1-4H3,(H,18,20)/b7-6+/t12-,13+,14-,15-/m1/s1. The summed E-state index contributed by atoms with van der Waals surface area (Å²) >= 11 is 5.74. The third-order valence-corrected chi connectivity index (χ3v) is 3.95. The van der Waals surface area contributed by atoms with Crippen LogP contribution in [0.2, 0.25) is 0 Å². The summed E-state index contributed by atoms with van der Waals surface area (Å²) in [7, 11) is 0. The van der Waals surface area contributed by atoms with Crippen molar-refractivity contribution < 1.29 is 14.3 Å². The van der Waals surface area contributed by atoms with Crippen LogP contribution in [0.15, 0.2) is 11.6 Å². The van der Waals surface area contributed by atoms with Gasteiger partial charge < -0.3 is 10.1 Å². The molecule has 1 aliphatic heterocycles. The maximum absolute atomic E-state index is 12.0. The highest BCUT2D eigenvalue weighted by atomic mass is 35.5. The van der Waals surface area contributed by atoms with Crippen molar-refractivity contribution in [2.45, 2.75) is 58.7 Å². The lowest BCUT2D eigenvalue weighted by Crippen LogP contribution is -2.51. The lowest BCUT2D eigenvalue weighted by atomic mass is 9.89. The second-order valence-electron chi connectivity index (χ2n) is 6.15. The van der Waals surface area contributed by atoms with Crippen LogP contribution in [-0.2, 0) is 14.3 Å². The summed E-state index contributed by atoms with van der Waals surface area (Å²) in [5.74, 6) is 0.202. The van der Waals surface area contributed by atoms with Crippen LogP contribution in [-0.4, -0.2) is 36.6 Å². The molecule has 0 saturated carbocycles. The minimum atomic E-state index is -0.355. The summed E-state index contributed by atoms with van der Waals surface area (Å²) in [5, 5.41) is 6.32. The van der Waals surface area contributed by atoms with E-state index >= 15 is 0 Å². The number of esters is 1. The largest absolute Gasteiger partial charge is 0.465 e. The summed E-state index contributed by atoms with van der Waals surface area (Å²) in [6.45, 7) is 7.88. The number of rotatable bonds is 7. The number of carbonyl (C=O) groups is 2. The molecule has 0 spiro atoms. The van der Waals surface area contributed by atoms with E-state index in [1.807, 2.05) is 6.08 Å². The first-order valence-electron chi connectivity index (χ1n) is 7.85. The average molecular weight is 331 g/mol. The van der Waals surface area contributed by atoms with Crippen LogP contribution in [0.3, 0.4) is 0 Å². The Labute approximate surface area is 137 Å². The van der Waals surface area contributed by atoms with Crippen molar-refractivity contribution in [3.8, 4) is 0 Å². The smallest absolute Gasteiger partial charge is 0.323 e. The summed E-state index contributed by atoms with van der Waals surface area (Å²) in [5.41, 5.74) is 1.48. The van der Waals surface area contributed by atoms with Gasteiger partial charge in [-0.3, -0.25) is 14.9 Å². The fourth-order valence-corrected chi connectivity index (χ4v) is 3.21. The van der Waals surface area contributed by atoms with Gasteiger partial charge in [-0.25, -0.2) is 0 Å². The highest BCUT2D eigenvalue weighted by Gasteiger charge is 2.41. The lowest BCUT2D eigenvalue weighted by molar-refractivity contribution is -0.145. The highest BCUT2D eigenvalue weighted by molar-refractivity contribution is 6.25. The van der Waals surface area contributed by atoms with Crippen LogP contribution in [0.4, 0.5) is 0 Å². The van der Waals surface area contributed by atoms with Crippen molar-refractivity contribution in [2.24, 2.45) is 11.8 Å². The zero-order chi connectivity index (χ0) is 16.7. The van der Waals surface area contributed by atoms with Gasteiger partial charge in [-0.2, -0.15) is 0 Å². The van der Waals surface area contributed by atoms with Crippen LogP contribution >= 0.6 is 11.6 Å². The third-order valence-electron chi connectivity index (χ3n) is 3.80. The fraction of sp³-hybridized carbons (Fsp3) is 0.750. The number of halogens is 1. The first-order chi connectivity index (χ1) is 10.4. The molecule has 126 valence electrons. The van der Waals surface area contributed by atoms with Gasteiger partial charge in [-0.15, -0.1) is 0 Å². The van der Waals surface area contributed by atoms with Gasteiger partial charge in [0.15, 0.2) is 0 Å². The van der Waals surface area contributed by atoms with Gasteiger partial charge in [0.2, 0.25) is 5.91 Å². The Balaban J connectivity index is 2.89. The molecule has 1 rings (SSSR count). The zero-order valence-corrected chi connectivity index (χ0v) is 14.5. The van der Waals surface area contributed by atoms with Crippen LogP contribution in [0.1, 0.15) is 40.5 Å². The monoisotopic (exact) mass is 330 g/mol. The van der Waals surface area contributed by atoms with Gasteiger partial charge in [0.05, 0.1) is 6.61 Å². The van der Waals surface area contributed by atoms with Gasteiger partial charge in [0.1, 0.15) is 6.04 Å². The SMILES string of the molecule is CCOC(=O)[C@H]1C[C@@H](/C=C/Cl)[C@H]([C@H](CC(C)C)NC(C)=O)N1. The minimum absolute atomic E-state index is 0.0318. The Morgan fingerprint density at radius 3 is 2.64 bits per heavy atom. The Hall–Kier alpha value is -1.07. The molecule has 1 fully saturated rings. The van der Waals surface area contributed by atoms with Crippen molar-refractivity contribution in [1.29, 1.82) is 0 Å². The molecule has 0 aromatic heterocycles. The number of nitrogens with one attached hydrogen (secondary N) is 2. The quantitative estimate of drug-likeness (QED) is 0.702. The van der Waals surface area contributed by atoms with Crippen molar-refractivity contribution in [3.05, 3.63) is 11.6 Å². The Morgan fingerprint density at radius 1 is 1.45 bits per heavy atom. The van der Waals surface area contributed by atoms with E-state index in [-0.39, 0.29) is 35.9 Å². The van der Waals surface area contributed by atoms with Crippen molar-refractivity contribution in [1.82, 2.24) is 10.6 Å². The second-order valence-corrected chi connectivity index (χ2v) is 6.40. The van der Waals surface area contributed by atoms with Crippen LogP contribution < -0.4 is 10.6 Å². The topological polar surface area (TPSA) is 67.4 Å². The van der Waals surface area contributed by atoms with E-state index in [1.165, 1.54) is 12.5 Å². The summed E-state index contributed by atoms with van der Waals surface area (Å²) in [6.07, 6.45) is 3.34. The molecular formula is C16H27ClN2O3. The van der Waals surface area contributed by atoms with E-state index < -0.39 is 0 Å². The van der Waals surface area contributed by atoms with Crippen molar-refractivity contribution in [3.63, 3.8) is 0 Å². The molecule has 0 radical (unpaired) electrons. The molecule has 1 aliphatic rings. The van der Waals surface area contributed by atoms with E-state index in [1.54, 1.807) is 6.92 Å². The molecule has 0 bridgehead atoms. The number of amides is 1. The number of ether oxygens (including phenoxy) is 1. The summed E-state index contributed by atoms with van der Waals surface area (Å²) < 4.78 is 5.10. The van der Waals surface area contributed by atoms with E-state index in [9.17, 15) is 9.59 Å². The average Bonchev–Trinajstić information content (AvgIpc) is 2.81. The molecule has 5 nitrogen and oxygen atoms in total. The van der Waals surface area contributed by atoms with Gasteiger partial charge in [0.25, 0.3) is 0 Å². The summed E-state index contributed by atoms with van der Waals surface area (Å²) in [6, 6.07) is -0.434. The molecule has 1 heterocycles. The zero-order valence-electron chi connectivity index (χ0n) is 13.8. The minimum Gasteiger partial charge on any atom is -0.465 e. The number of hydrogen-bond acceptors (Lipinski definition) is 4. The van der Waals surface area contributed by atoms with E-state index in [0.29, 0.717) is 18.9 Å². The van der Waals surface area contributed by atoms with Crippen molar-refractivity contribution >= 4 is 23.5 Å². The Bertz CT molecular complexity index is 412. The Kier molecular flexibility index (Phi) is 7.90.